The number of nitrogens with one attached hydrogen (secondary N) is 3. The number of hydrogen-bond acceptors (Lipinski definition) is 9. The second-order valence-electron chi connectivity index (χ2n) is 12.7. The molecule has 0 radical (unpaired) electrons. The van der Waals surface area contributed by atoms with Crippen molar-refractivity contribution in [1.82, 2.24) is 25.9 Å². The molecule has 6 N–H and O–H groups in total. The SMILES string of the molecule is CC(C)(C)OC(=O)N[C@@H](Cc1ccccc1)C(=O)N[C@@H](CC(N)=O)C(=O)N[C@@H](CC1CCCCC1)[C@@H](O)CCSc1ncccn1. The monoisotopic (exact) mass is 656 g/mol. The fourth-order valence-corrected chi connectivity index (χ4v) is 6.21. The van der Waals surface area contributed by atoms with E-state index >= 15 is 0 Å². The molecule has 0 saturated heterocycles. The number of aromatic nitrogens is 2. The Morgan fingerprint density at radius 2 is 1.61 bits per heavy atom. The average Bonchev–Trinajstić information content (AvgIpc) is 3.00. The van der Waals surface area contributed by atoms with E-state index in [1.165, 1.54) is 11.8 Å². The van der Waals surface area contributed by atoms with Gasteiger partial charge in [-0.05, 0) is 51.2 Å². The van der Waals surface area contributed by atoms with E-state index in [4.69, 9.17) is 10.5 Å². The van der Waals surface area contributed by atoms with E-state index in [1.54, 1.807) is 39.2 Å². The molecule has 0 unspecified atom stereocenters. The number of benzene rings is 1. The van der Waals surface area contributed by atoms with E-state index in [9.17, 15) is 24.3 Å². The molecule has 4 amide bonds. The van der Waals surface area contributed by atoms with Gasteiger partial charge in [0.15, 0.2) is 5.16 Å². The van der Waals surface area contributed by atoms with E-state index in [0.29, 0.717) is 29.7 Å². The van der Waals surface area contributed by atoms with Crippen LogP contribution in [0.1, 0.15) is 77.7 Å². The molecule has 252 valence electrons. The van der Waals surface area contributed by atoms with Crippen molar-refractivity contribution < 1.29 is 29.0 Å². The fraction of sp³-hybridized carbons (Fsp3) is 0.576. The van der Waals surface area contributed by atoms with Crippen molar-refractivity contribution >= 4 is 35.6 Å². The summed E-state index contributed by atoms with van der Waals surface area (Å²) in [5.74, 6) is -1.25. The van der Waals surface area contributed by atoms with Crippen LogP contribution in [-0.4, -0.2) is 74.5 Å². The standard InChI is InChI=1S/C33H48N6O6S/c1-33(2,3)45-32(44)39-25(20-23-13-8-5-9-14-23)29(42)38-26(21-28(34)41)30(43)37-24(19-22-11-6-4-7-12-22)27(40)15-18-46-31-35-16-10-17-36-31/h5,8-10,13-14,16-17,22,24-27,40H,4,6-7,11-12,15,18-21H2,1-3H3,(H2,34,41)(H,37,43)(H,38,42)(H,39,44)/t24-,25-,26-,27-/m0/s1. The number of aliphatic hydroxyl groups is 1. The zero-order valence-electron chi connectivity index (χ0n) is 26.9. The number of primary amides is 1. The molecule has 1 aliphatic carbocycles. The third kappa shape index (κ3) is 13.7. The first kappa shape index (κ1) is 36.8. The first-order chi connectivity index (χ1) is 21.9. The van der Waals surface area contributed by atoms with Gasteiger partial charge in [-0.1, -0.05) is 74.2 Å². The van der Waals surface area contributed by atoms with Crippen LogP contribution in [0.2, 0.25) is 0 Å². The van der Waals surface area contributed by atoms with Gasteiger partial charge in [0.05, 0.1) is 18.6 Å². The van der Waals surface area contributed by atoms with Gasteiger partial charge in [0.2, 0.25) is 17.7 Å². The molecule has 3 rings (SSSR count). The highest BCUT2D eigenvalue weighted by atomic mass is 32.2. The van der Waals surface area contributed by atoms with Crippen LogP contribution in [0.3, 0.4) is 0 Å². The van der Waals surface area contributed by atoms with E-state index in [-0.39, 0.29) is 6.42 Å². The van der Waals surface area contributed by atoms with Gasteiger partial charge >= 0.3 is 6.09 Å². The Morgan fingerprint density at radius 3 is 2.24 bits per heavy atom. The predicted molar refractivity (Wildman–Crippen MR) is 176 cm³/mol. The number of aliphatic hydroxyl groups excluding tert-OH is 1. The lowest BCUT2D eigenvalue weighted by Crippen LogP contribution is -2.57. The van der Waals surface area contributed by atoms with Crippen LogP contribution in [0.4, 0.5) is 4.79 Å². The topological polar surface area (TPSA) is 186 Å². The molecule has 13 heteroatoms. The number of rotatable bonds is 16. The van der Waals surface area contributed by atoms with Gasteiger partial charge in [-0.3, -0.25) is 14.4 Å². The fourth-order valence-electron chi connectivity index (χ4n) is 5.40. The van der Waals surface area contributed by atoms with Crippen LogP contribution in [0.25, 0.3) is 0 Å². The largest absolute Gasteiger partial charge is 0.444 e. The quantitative estimate of drug-likeness (QED) is 0.134. The normalized spacial score (nSPS) is 16.3. The summed E-state index contributed by atoms with van der Waals surface area (Å²) in [4.78, 5) is 60.3. The average molecular weight is 657 g/mol. The number of thioether (sulfide) groups is 1. The summed E-state index contributed by atoms with van der Waals surface area (Å²) < 4.78 is 5.36. The van der Waals surface area contributed by atoms with E-state index in [0.717, 1.165) is 37.7 Å². The van der Waals surface area contributed by atoms with Gasteiger partial charge in [-0.2, -0.15) is 0 Å². The molecule has 1 aromatic carbocycles. The molecule has 0 aliphatic heterocycles. The van der Waals surface area contributed by atoms with Crippen molar-refractivity contribution in [2.24, 2.45) is 11.7 Å². The first-order valence-corrected chi connectivity index (χ1v) is 16.9. The van der Waals surface area contributed by atoms with E-state index in [2.05, 4.69) is 25.9 Å². The van der Waals surface area contributed by atoms with Crippen molar-refractivity contribution in [2.45, 2.75) is 114 Å². The number of nitrogens with two attached hydrogens (primary N) is 1. The summed E-state index contributed by atoms with van der Waals surface area (Å²) >= 11 is 1.41. The molecule has 1 fully saturated rings. The van der Waals surface area contributed by atoms with Crippen molar-refractivity contribution in [3.8, 4) is 0 Å². The number of amides is 4. The molecular formula is C33H48N6O6S. The van der Waals surface area contributed by atoms with Crippen molar-refractivity contribution in [1.29, 1.82) is 0 Å². The van der Waals surface area contributed by atoms with Crippen LogP contribution < -0.4 is 21.7 Å². The molecule has 1 aliphatic rings. The minimum atomic E-state index is -1.32. The molecular weight excluding hydrogens is 608 g/mol. The summed E-state index contributed by atoms with van der Waals surface area (Å²) in [5, 5.41) is 20.0. The Bertz CT molecular complexity index is 1260. The lowest BCUT2D eigenvalue weighted by atomic mass is 9.83. The summed E-state index contributed by atoms with van der Waals surface area (Å²) in [6, 6.07) is 7.76. The molecule has 1 heterocycles. The maximum atomic E-state index is 13.7. The summed E-state index contributed by atoms with van der Waals surface area (Å²) in [6.07, 6.45) is 7.57. The number of alkyl carbamates (subject to hydrolysis) is 1. The van der Waals surface area contributed by atoms with Crippen LogP contribution in [0, 0.1) is 5.92 Å². The predicted octanol–water partition coefficient (Wildman–Crippen LogP) is 3.27. The molecule has 46 heavy (non-hydrogen) atoms. The third-order valence-electron chi connectivity index (χ3n) is 7.62. The van der Waals surface area contributed by atoms with E-state index in [1.807, 2.05) is 30.3 Å². The zero-order valence-corrected chi connectivity index (χ0v) is 27.8. The molecule has 1 saturated carbocycles. The summed E-state index contributed by atoms with van der Waals surface area (Å²) in [7, 11) is 0. The number of carbonyl (C=O) groups is 4. The van der Waals surface area contributed by atoms with Crippen LogP contribution in [0.15, 0.2) is 53.9 Å². The zero-order chi connectivity index (χ0) is 33.5. The van der Waals surface area contributed by atoms with Crippen molar-refractivity contribution in [3.63, 3.8) is 0 Å². The van der Waals surface area contributed by atoms with Crippen LogP contribution in [0.5, 0.6) is 0 Å². The number of nitrogens with zero attached hydrogens (tertiary/aromatic N) is 2. The Labute approximate surface area is 275 Å². The highest BCUT2D eigenvalue weighted by Gasteiger charge is 2.33. The second-order valence-corrected chi connectivity index (χ2v) is 13.8. The first-order valence-electron chi connectivity index (χ1n) is 15.9. The number of carbonyl (C=O) groups excluding carboxylic acids is 4. The smallest absolute Gasteiger partial charge is 0.408 e. The minimum Gasteiger partial charge on any atom is -0.444 e. The number of ether oxygens (including phenoxy) is 1. The van der Waals surface area contributed by atoms with Gasteiger partial charge in [0, 0.05) is 24.6 Å². The van der Waals surface area contributed by atoms with Crippen molar-refractivity contribution in [2.75, 3.05) is 5.75 Å². The summed E-state index contributed by atoms with van der Waals surface area (Å²) in [6.45, 7) is 5.12. The maximum absolute atomic E-state index is 13.7. The Kier molecular flexibility index (Phi) is 14.7. The maximum Gasteiger partial charge on any atom is 0.408 e. The van der Waals surface area contributed by atoms with Gasteiger partial charge in [0.25, 0.3) is 0 Å². The molecule has 4 atom stereocenters. The van der Waals surface area contributed by atoms with Gasteiger partial charge in [-0.15, -0.1) is 0 Å². The van der Waals surface area contributed by atoms with Crippen molar-refractivity contribution in [3.05, 3.63) is 54.4 Å². The Hall–Kier alpha value is -3.71. The van der Waals surface area contributed by atoms with Gasteiger partial charge < -0.3 is 31.5 Å². The highest BCUT2D eigenvalue weighted by Crippen LogP contribution is 2.29. The lowest BCUT2D eigenvalue weighted by molar-refractivity contribution is -0.132. The van der Waals surface area contributed by atoms with Gasteiger partial charge in [-0.25, -0.2) is 14.8 Å². The summed E-state index contributed by atoms with van der Waals surface area (Å²) in [5.41, 5.74) is 5.46. The second kappa shape index (κ2) is 18.4. The van der Waals surface area contributed by atoms with Crippen LogP contribution in [-0.2, 0) is 25.5 Å². The molecule has 12 nitrogen and oxygen atoms in total. The van der Waals surface area contributed by atoms with E-state index < -0.39 is 60.1 Å². The Balaban J connectivity index is 1.74. The lowest BCUT2D eigenvalue weighted by Gasteiger charge is -2.31. The Morgan fingerprint density at radius 1 is 0.957 bits per heavy atom. The highest BCUT2D eigenvalue weighted by molar-refractivity contribution is 7.99. The minimum absolute atomic E-state index is 0.114. The van der Waals surface area contributed by atoms with Gasteiger partial charge in [0.1, 0.15) is 17.7 Å². The molecule has 2 aromatic rings. The molecule has 0 bridgehead atoms. The van der Waals surface area contributed by atoms with Crippen LogP contribution >= 0.6 is 11.8 Å². The molecule has 0 spiro atoms. The number of hydrogen-bond donors (Lipinski definition) is 5. The third-order valence-corrected chi connectivity index (χ3v) is 8.53. The molecule has 1 aromatic heterocycles.